The van der Waals surface area contributed by atoms with Crippen LogP contribution in [-0.2, 0) is 16.0 Å². The van der Waals surface area contributed by atoms with Crippen molar-refractivity contribution in [2.45, 2.75) is 57.8 Å². The molecule has 2 bridgehead atoms. The standard InChI is InChI=1S/C36H35F2N5O5/c1-7-23-27(37)11-8-19-12-22(47-18-46-6)13-24(28(19)23)31-30(38)29-25(14-39-31)33(40-32-26(29)17-41(5)34(32)44)42-15-20-9-10-21(16-42)43(20)35(45)48-36(2,3)4/h1,8,11-14,20-21H,9-10,15-18H2,2-6H3. The third-order valence-corrected chi connectivity index (χ3v) is 9.18. The highest BCUT2D eigenvalue weighted by Crippen LogP contribution is 2.43. The summed E-state index contributed by atoms with van der Waals surface area (Å²) in [6.45, 7) is 6.45. The van der Waals surface area contributed by atoms with Gasteiger partial charge in [-0.05, 0) is 57.2 Å². The number of halogens is 2. The first-order valence-electron chi connectivity index (χ1n) is 15.8. The van der Waals surface area contributed by atoms with Gasteiger partial charge >= 0.3 is 6.09 Å². The van der Waals surface area contributed by atoms with Crippen molar-refractivity contribution >= 4 is 39.4 Å². The van der Waals surface area contributed by atoms with Gasteiger partial charge in [-0.2, -0.15) is 0 Å². The minimum absolute atomic E-state index is 0.0315. The second-order valence-corrected chi connectivity index (χ2v) is 13.5. The molecule has 12 heteroatoms. The van der Waals surface area contributed by atoms with Crippen LogP contribution >= 0.6 is 0 Å². The topological polar surface area (TPSA) is 97.3 Å². The molecule has 2 atom stereocenters. The van der Waals surface area contributed by atoms with Crippen LogP contribution in [-0.4, -0.2) is 83.5 Å². The Morgan fingerprint density at radius 3 is 2.50 bits per heavy atom. The van der Waals surface area contributed by atoms with Gasteiger partial charge in [-0.1, -0.05) is 12.0 Å². The molecule has 2 amide bonds. The summed E-state index contributed by atoms with van der Waals surface area (Å²) in [5, 5.41) is 1.47. The first-order chi connectivity index (χ1) is 22.9. The molecule has 48 heavy (non-hydrogen) atoms. The number of pyridine rings is 2. The van der Waals surface area contributed by atoms with E-state index in [-0.39, 0.29) is 65.3 Å². The van der Waals surface area contributed by atoms with E-state index in [9.17, 15) is 9.59 Å². The molecule has 0 saturated carbocycles. The maximum atomic E-state index is 17.2. The molecule has 4 aromatic rings. The summed E-state index contributed by atoms with van der Waals surface area (Å²) in [6.07, 6.45) is 8.51. The third-order valence-electron chi connectivity index (χ3n) is 9.18. The number of aromatic nitrogens is 2. The highest BCUT2D eigenvalue weighted by atomic mass is 19.1. The maximum Gasteiger partial charge on any atom is 0.410 e. The average Bonchev–Trinajstić information content (AvgIpc) is 3.48. The van der Waals surface area contributed by atoms with Crippen LogP contribution in [0.2, 0.25) is 0 Å². The summed E-state index contributed by atoms with van der Waals surface area (Å²) >= 11 is 0. The lowest BCUT2D eigenvalue weighted by molar-refractivity contribution is 0.0123. The van der Waals surface area contributed by atoms with Crippen molar-refractivity contribution in [1.82, 2.24) is 19.8 Å². The lowest BCUT2D eigenvalue weighted by Crippen LogP contribution is -2.57. The van der Waals surface area contributed by atoms with Crippen LogP contribution in [0.1, 0.15) is 55.2 Å². The molecule has 3 aliphatic heterocycles. The van der Waals surface area contributed by atoms with Crippen molar-refractivity contribution in [3.8, 4) is 29.4 Å². The van der Waals surface area contributed by atoms with Crippen molar-refractivity contribution in [3.63, 3.8) is 0 Å². The van der Waals surface area contributed by atoms with Crippen molar-refractivity contribution in [2.24, 2.45) is 0 Å². The molecule has 248 valence electrons. The van der Waals surface area contributed by atoms with Gasteiger partial charge in [-0.15, -0.1) is 6.42 Å². The fourth-order valence-electron chi connectivity index (χ4n) is 7.19. The zero-order valence-corrected chi connectivity index (χ0v) is 27.4. The summed E-state index contributed by atoms with van der Waals surface area (Å²) in [6, 6.07) is 5.76. The zero-order valence-electron chi connectivity index (χ0n) is 27.4. The summed E-state index contributed by atoms with van der Waals surface area (Å²) < 4.78 is 48.7. The van der Waals surface area contributed by atoms with Crippen molar-refractivity contribution in [2.75, 3.05) is 38.9 Å². The van der Waals surface area contributed by atoms with Gasteiger partial charge in [0.2, 0.25) is 0 Å². The van der Waals surface area contributed by atoms with Crippen LogP contribution in [0.25, 0.3) is 32.8 Å². The lowest BCUT2D eigenvalue weighted by atomic mass is 9.94. The average molecular weight is 656 g/mol. The van der Waals surface area contributed by atoms with E-state index in [0.717, 1.165) is 12.8 Å². The first kappa shape index (κ1) is 31.6. The van der Waals surface area contributed by atoms with Gasteiger partial charge in [0.15, 0.2) is 12.6 Å². The molecule has 5 heterocycles. The Morgan fingerprint density at radius 1 is 1.10 bits per heavy atom. The summed E-state index contributed by atoms with van der Waals surface area (Å²) in [7, 11) is 3.12. The molecule has 0 spiro atoms. The van der Waals surface area contributed by atoms with E-state index < -0.39 is 17.2 Å². The molecular weight excluding hydrogens is 620 g/mol. The number of methoxy groups -OCH3 is 1. The Hall–Kier alpha value is -5.02. The van der Waals surface area contributed by atoms with Crippen LogP contribution in [0.4, 0.5) is 19.4 Å². The Bertz CT molecular complexity index is 2040. The Morgan fingerprint density at radius 2 is 1.83 bits per heavy atom. The number of fused-ring (bicyclic) bond motifs is 6. The Balaban J connectivity index is 1.40. The van der Waals surface area contributed by atoms with Crippen LogP contribution in [0.3, 0.4) is 0 Å². The molecule has 2 aromatic heterocycles. The number of ether oxygens (including phenoxy) is 3. The highest BCUT2D eigenvalue weighted by Gasteiger charge is 2.45. The van der Waals surface area contributed by atoms with Crippen LogP contribution in [0.5, 0.6) is 5.75 Å². The predicted molar refractivity (Wildman–Crippen MR) is 176 cm³/mol. The largest absolute Gasteiger partial charge is 0.468 e. The fraction of sp³-hybridized carbons (Fsp3) is 0.389. The SMILES string of the molecule is C#Cc1c(F)ccc2cc(OCOC)cc(-c3ncc4c(N5CC6CCC(C5)N6C(=O)OC(C)(C)C)nc5c(c4c3F)CN(C)C5=O)c12. The number of hydrogen-bond donors (Lipinski definition) is 0. The van der Waals surface area contributed by atoms with Gasteiger partial charge in [0.25, 0.3) is 5.91 Å². The second kappa shape index (κ2) is 11.6. The lowest BCUT2D eigenvalue weighted by Gasteiger charge is -2.42. The maximum absolute atomic E-state index is 17.2. The minimum Gasteiger partial charge on any atom is -0.468 e. The number of amides is 2. The molecule has 2 fully saturated rings. The molecular formula is C36H35F2N5O5. The van der Waals surface area contributed by atoms with Crippen LogP contribution in [0, 0.1) is 24.0 Å². The van der Waals surface area contributed by atoms with E-state index in [1.807, 2.05) is 25.7 Å². The zero-order chi connectivity index (χ0) is 34.1. The van der Waals surface area contributed by atoms with Gasteiger partial charge < -0.3 is 24.0 Å². The number of carbonyl (C=O) groups excluding carboxylic acids is 2. The van der Waals surface area contributed by atoms with E-state index in [0.29, 0.717) is 46.4 Å². The van der Waals surface area contributed by atoms with E-state index in [4.69, 9.17) is 25.6 Å². The summed E-state index contributed by atoms with van der Waals surface area (Å²) in [4.78, 5) is 41.2. The smallest absolute Gasteiger partial charge is 0.410 e. The number of benzene rings is 2. The number of terminal acetylenes is 1. The monoisotopic (exact) mass is 655 g/mol. The number of carbonyl (C=O) groups is 2. The summed E-state index contributed by atoms with van der Waals surface area (Å²) in [5.41, 5.74) is 0.100. The van der Waals surface area contributed by atoms with Gasteiger partial charge in [-0.25, -0.2) is 18.6 Å². The first-order valence-corrected chi connectivity index (χ1v) is 15.8. The quantitative estimate of drug-likeness (QED) is 0.195. The highest BCUT2D eigenvalue weighted by molar-refractivity contribution is 6.08. The predicted octanol–water partition coefficient (Wildman–Crippen LogP) is 5.87. The van der Waals surface area contributed by atoms with Gasteiger partial charge in [-0.3, -0.25) is 14.7 Å². The molecule has 10 nitrogen and oxygen atoms in total. The number of anilines is 1. The Kier molecular flexibility index (Phi) is 7.63. The molecule has 0 N–H and O–H groups in total. The number of hydrogen-bond acceptors (Lipinski definition) is 8. The normalized spacial score (nSPS) is 18.9. The van der Waals surface area contributed by atoms with Crippen molar-refractivity contribution < 1.29 is 32.6 Å². The molecule has 0 aliphatic carbocycles. The van der Waals surface area contributed by atoms with Gasteiger partial charge in [0.05, 0.1) is 17.6 Å². The van der Waals surface area contributed by atoms with Gasteiger partial charge in [0.1, 0.15) is 34.4 Å². The molecule has 2 saturated heterocycles. The van der Waals surface area contributed by atoms with E-state index in [1.54, 1.807) is 36.3 Å². The van der Waals surface area contributed by atoms with E-state index in [1.165, 1.54) is 18.1 Å². The molecule has 3 aliphatic rings. The van der Waals surface area contributed by atoms with Crippen molar-refractivity contribution in [3.05, 3.63) is 58.9 Å². The van der Waals surface area contributed by atoms with E-state index in [2.05, 4.69) is 10.9 Å². The molecule has 2 aromatic carbocycles. The van der Waals surface area contributed by atoms with Crippen molar-refractivity contribution in [1.29, 1.82) is 0 Å². The second-order valence-electron chi connectivity index (χ2n) is 13.5. The van der Waals surface area contributed by atoms with E-state index >= 15 is 8.78 Å². The molecule has 2 unspecified atom stereocenters. The number of rotatable bonds is 5. The number of piperazine rings is 1. The summed E-state index contributed by atoms with van der Waals surface area (Å²) in [5.74, 6) is 1.55. The van der Waals surface area contributed by atoms with Crippen LogP contribution in [0.15, 0.2) is 30.5 Å². The molecule has 0 radical (unpaired) electrons. The van der Waals surface area contributed by atoms with Crippen LogP contribution < -0.4 is 9.64 Å². The minimum atomic E-state index is -0.691. The Labute approximate surface area is 276 Å². The van der Waals surface area contributed by atoms with Gasteiger partial charge in [0, 0.05) is 67.3 Å². The fourth-order valence-corrected chi connectivity index (χ4v) is 7.19. The molecule has 7 rings (SSSR count). The number of nitrogens with zero attached hydrogens (tertiary/aromatic N) is 5. The third kappa shape index (κ3) is 5.13.